The number of hydrogen-bond acceptors (Lipinski definition) is 5. The smallest absolute Gasteiger partial charge is 0.254 e. The van der Waals surface area contributed by atoms with Gasteiger partial charge in [0.05, 0.1) is 17.4 Å². The number of amides is 1. The van der Waals surface area contributed by atoms with Crippen molar-refractivity contribution in [2.75, 3.05) is 6.54 Å². The van der Waals surface area contributed by atoms with Gasteiger partial charge in [-0.15, -0.1) is 0 Å². The maximum atomic E-state index is 12.0. The van der Waals surface area contributed by atoms with Gasteiger partial charge in [-0.05, 0) is 26.7 Å². The minimum Gasteiger partial charge on any atom is -0.393 e. The Balaban J connectivity index is 2.03. The van der Waals surface area contributed by atoms with Gasteiger partial charge in [0, 0.05) is 12.7 Å². The summed E-state index contributed by atoms with van der Waals surface area (Å²) in [4.78, 5) is 20.0. The number of nitrogens with one attached hydrogen (secondary N) is 1. The largest absolute Gasteiger partial charge is 0.393 e. The van der Waals surface area contributed by atoms with Crippen molar-refractivity contribution in [2.45, 2.75) is 32.8 Å². The van der Waals surface area contributed by atoms with Gasteiger partial charge in [-0.25, -0.2) is 9.50 Å². The van der Waals surface area contributed by atoms with Crippen LogP contribution in [-0.4, -0.2) is 43.2 Å². The van der Waals surface area contributed by atoms with E-state index in [1.807, 2.05) is 0 Å². The SMILES string of the molecule is Cc1c(C(=O)NCCCC(C)O)cnc2ncnn12. The number of fused-ring (bicyclic) bond motifs is 1. The molecule has 7 nitrogen and oxygen atoms in total. The molecule has 0 aliphatic heterocycles. The molecule has 19 heavy (non-hydrogen) atoms. The predicted molar refractivity (Wildman–Crippen MR) is 68.8 cm³/mol. The van der Waals surface area contributed by atoms with E-state index in [0.717, 1.165) is 6.42 Å². The van der Waals surface area contributed by atoms with Crippen LogP contribution in [0.3, 0.4) is 0 Å². The maximum absolute atomic E-state index is 12.0. The number of carbonyl (C=O) groups is 1. The second-order valence-corrected chi connectivity index (χ2v) is 4.48. The number of aliphatic hydroxyl groups excluding tert-OH is 1. The van der Waals surface area contributed by atoms with E-state index in [1.54, 1.807) is 13.8 Å². The van der Waals surface area contributed by atoms with E-state index in [2.05, 4.69) is 20.4 Å². The third-order valence-electron chi connectivity index (χ3n) is 2.88. The Bertz CT molecular complexity index is 579. The molecule has 2 heterocycles. The molecule has 0 aliphatic carbocycles. The zero-order valence-electron chi connectivity index (χ0n) is 11.0. The van der Waals surface area contributed by atoms with Crippen molar-refractivity contribution >= 4 is 11.7 Å². The summed E-state index contributed by atoms with van der Waals surface area (Å²) in [6.07, 6.45) is 3.97. The molecule has 102 valence electrons. The van der Waals surface area contributed by atoms with Crippen molar-refractivity contribution in [1.29, 1.82) is 0 Å². The molecule has 0 aromatic carbocycles. The Morgan fingerprint density at radius 3 is 3.05 bits per heavy atom. The lowest BCUT2D eigenvalue weighted by Crippen LogP contribution is -2.26. The topological polar surface area (TPSA) is 92.4 Å². The summed E-state index contributed by atoms with van der Waals surface area (Å²) in [6, 6.07) is 0. The molecule has 0 aliphatic rings. The molecular weight excluding hydrogens is 246 g/mol. The highest BCUT2D eigenvalue weighted by molar-refractivity contribution is 5.95. The minimum atomic E-state index is -0.341. The molecule has 2 rings (SSSR count). The molecule has 7 heteroatoms. The highest BCUT2D eigenvalue weighted by Gasteiger charge is 2.13. The molecule has 0 saturated carbocycles. The highest BCUT2D eigenvalue weighted by Crippen LogP contribution is 2.07. The van der Waals surface area contributed by atoms with Crippen molar-refractivity contribution in [1.82, 2.24) is 24.9 Å². The molecule has 2 N–H and O–H groups in total. The molecule has 0 saturated heterocycles. The Hall–Kier alpha value is -2.02. The zero-order chi connectivity index (χ0) is 13.8. The second-order valence-electron chi connectivity index (χ2n) is 4.48. The van der Waals surface area contributed by atoms with Crippen LogP contribution < -0.4 is 5.32 Å². The van der Waals surface area contributed by atoms with Gasteiger partial charge >= 0.3 is 0 Å². The standard InChI is InChI=1S/C12H17N5O2/c1-8(18)4-3-5-13-11(19)10-6-14-12-15-7-16-17(12)9(10)2/h6-8,18H,3-5H2,1-2H3,(H,13,19). The fourth-order valence-corrected chi connectivity index (χ4v) is 1.81. The molecule has 0 spiro atoms. The quantitative estimate of drug-likeness (QED) is 0.758. The molecule has 0 fully saturated rings. The Morgan fingerprint density at radius 2 is 2.32 bits per heavy atom. The van der Waals surface area contributed by atoms with Crippen molar-refractivity contribution in [3.63, 3.8) is 0 Å². The third kappa shape index (κ3) is 3.05. The molecule has 2 aromatic heterocycles. The zero-order valence-corrected chi connectivity index (χ0v) is 11.0. The van der Waals surface area contributed by atoms with E-state index < -0.39 is 0 Å². The summed E-state index contributed by atoms with van der Waals surface area (Å²) in [5, 5.41) is 15.9. The fourth-order valence-electron chi connectivity index (χ4n) is 1.81. The van der Waals surface area contributed by atoms with E-state index in [0.29, 0.717) is 30.0 Å². The van der Waals surface area contributed by atoms with Crippen LogP contribution in [-0.2, 0) is 0 Å². The van der Waals surface area contributed by atoms with Gasteiger partial charge in [0.15, 0.2) is 0 Å². The first-order chi connectivity index (χ1) is 9.09. The first-order valence-corrected chi connectivity index (χ1v) is 6.21. The van der Waals surface area contributed by atoms with Gasteiger partial charge in [0.25, 0.3) is 11.7 Å². The summed E-state index contributed by atoms with van der Waals surface area (Å²) >= 11 is 0. The molecule has 1 amide bonds. The first-order valence-electron chi connectivity index (χ1n) is 6.21. The third-order valence-corrected chi connectivity index (χ3v) is 2.88. The normalized spacial score (nSPS) is 12.6. The van der Waals surface area contributed by atoms with Crippen molar-refractivity contribution in [2.24, 2.45) is 0 Å². The number of aromatic nitrogens is 4. The van der Waals surface area contributed by atoms with E-state index >= 15 is 0 Å². The van der Waals surface area contributed by atoms with Crippen LogP contribution in [0.4, 0.5) is 0 Å². The Labute approximate surface area is 110 Å². The molecule has 0 bridgehead atoms. The predicted octanol–water partition coefficient (Wildman–Crippen LogP) is 0.324. The van der Waals surface area contributed by atoms with Crippen molar-refractivity contribution < 1.29 is 9.90 Å². The first kappa shape index (κ1) is 13.4. The van der Waals surface area contributed by atoms with E-state index in [-0.39, 0.29) is 12.0 Å². The molecule has 1 atom stereocenters. The summed E-state index contributed by atoms with van der Waals surface area (Å²) in [6.45, 7) is 4.06. The number of aryl methyl sites for hydroxylation is 1. The summed E-state index contributed by atoms with van der Waals surface area (Å²) in [5.74, 6) is 0.288. The minimum absolute atomic E-state index is 0.187. The summed E-state index contributed by atoms with van der Waals surface area (Å²) < 4.78 is 1.53. The van der Waals surface area contributed by atoms with Crippen LogP contribution in [0, 0.1) is 6.92 Å². The van der Waals surface area contributed by atoms with Gasteiger partial charge in [-0.3, -0.25) is 4.79 Å². The van der Waals surface area contributed by atoms with Crippen LogP contribution in [0.25, 0.3) is 5.78 Å². The average Bonchev–Trinajstić information content (AvgIpc) is 2.83. The van der Waals surface area contributed by atoms with Crippen LogP contribution >= 0.6 is 0 Å². The number of carbonyl (C=O) groups excluding carboxylic acids is 1. The lowest BCUT2D eigenvalue weighted by atomic mass is 10.2. The molecule has 2 aromatic rings. The number of rotatable bonds is 5. The highest BCUT2D eigenvalue weighted by atomic mass is 16.3. The number of hydrogen-bond donors (Lipinski definition) is 2. The van der Waals surface area contributed by atoms with Crippen molar-refractivity contribution in [3.05, 3.63) is 23.8 Å². The van der Waals surface area contributed by atoms with Crippen molar-refractivity contribution in [3.8, 4) is 0 Å². The van der Waals surface area contributed by atoms with Gasteiger partial charge in [0.2, 0.25) is 0 Å². The molecule has 1 unspecified atom stereocenters. The lowest BCUT2D eigenvalue weighted by molar-refractivity contribution is 0.0948. The van der Waals surface area contributed by atoms with Crippen LogP contribution in [0.2, 0.25) is 0 Å². The fraction of sp³-hybridized carbons (Fsp3) is 0.500. The van der Waals surface area contributed by atoms with E-state index in [1.165, 1.54) is 17.0 Å². The van der Waals surface area contributed by atoms with Gasteiger partial charge < -0.3 is 10.4 Å². The van der Waals surface area contributed by atoms with Crippen LogP contribution in [0.5, 0.6) is 0 Å². The van der Waals surface area contributed by atoms with Gasteiger partial charge in [-0.2, -0.15) is 10.1 Å². The number of nitrogens with zero attached hydrogens (tertiary/aromatic N) is 4. The second kappa shape index (κ2) is 5.75. The van der Waals surface area contributed by atoms with E-state index in [9.17, 15) is 4.79 Å². The maximum Gasteiger partial charge on any atom is 0.254 e. The Kier molecular flexibility index (Phi) is 4.06. The van der Waals surface area contributed by atoms with Crippen LogP contribution in [0.15, 0.2) is 12.5 Å². The average molecular weight is 263 g/mol. The van der Waals surface area contributed by atoms with Crippen LogP contribution in [0.1, 0.15) is 35.8 Å². The Morgan fingerprint density at radius 1 is 1.53 bits per heavy atom. The molecular formula is C12H17N5O2. The van der Waals surface area contributed by atoms with Gasteiger partial charge in [-0.1, -0.05) is 0 Å². The van der Waals surface area contributed by atoms with Gasteiger partial charge in [0.1, 0.15) is 6.33 Å². The summed E-state index contributed by atoms with van der Waals surface area (Å²) in [5.41, 5.74) is 1.19. The molecule has 0 radical (unpaired) electrons. The number of aliphatic hydroxyl groups is 1. The lowest BCUT2D eigenvalue weighted by Gasteiger charge is -2.08. The van der Waals surface area contributed by atoms with E-state index in [4.69, 9.17) is 5.11 Å². The summed E-state index contributed by atoms with van der Waals surface area (Å²) in [7, 11) is 0. The monoisotopic (exact) mass is 263 g/mol.